The number of piperazine rings is 1. The van der Waals surface area contributed by atoms with Crippen molar-refractivity contribution in [2.75, 3.05) is 43.5 Å². The van der Waals surface area contributed by atoms with Crippen LogP contribution >= 0.6 is 0 Å². The number of ketones is 1. The summed E-state index contributed by atoms with van der Waals surface area (Å²) < 4.78 is 24.7. The van der Waals surface area contributed by atoms with Crippen LogP contribution in [0.15, 0.2) is 40.9 Å². The van der Waals surface area contributed by atoms with Gasteiger partial charge in [-0.2, -0.15) is 0 Å². The van der Waals surface area contributed by atoms with Crippen molar-refractivity contribution in [2.24, 2.45) is 5.92 Å². The third-order valence-electron chi connectivity index (χ3n) is 9.36. The first kappa shape index (κ1) is 27.8. The summed E-state index contributed by atoms with van der Waals surface area (Å²) in [6, 6.07) is 11.2. The number of hydrogen-bond acceptors (Lipinski definition) is 7. The van der Waals surface area contributed by atoms with Crippen LogP contribution in [0.3, 0.4) is 0 Å². The number of anilines is 2. The van der Waals surface area contributed by atoms with Gasteiger partial charge < -0.3 is 19.5 Å². The van der Waals surface area contributed by atoms with E-state index in [1.54, 1.807) is 13.2 Å². The smallest absolute Gasteiger partial charge is 0.155 e. The van der Waals surface area contributed by atoms with Crippen molar-refractivity contribution in [3.63, 3.8) is 0 Å². The first-order chi connectivity index (χ1) is 19.9. The summed E-state index contributed by atoms with van der Waals surface area (Å²) in [6.45, 7) is 7.02. The number of aromatic nitrogens is 1. The van der Waals surface area contributed by atoms with Gasteiger partial charge in [0.1, 0.15) is 17.3 Å². The minimum absolute atomic E-state index is 0.0637. The number of hydrogen-bond donors (Lipinski definition) is 1. The van der Waals surface area contributed by atoms with Gasteiger partial charge in [-0.3, -0.25) is 9.69 Å². The van der Waals surface area contributed by atoms with Gasteiger partial charge >= 0.3 is 0 Å². The van der Waals surface area contributed by atoms with Crippen LogP contribution in [0.2, 0.25) is 0 Å². The summed E-state index contributed by atoms with van der Waals surface area (Å²) in [5.74, 6) is 1.64. The number of Topliss-reactive ketones (excluding diaryl/α,β-unsaturated/α-hetero) is 1. The fourth-order valence-electron chi connectivity index (χ4n) is 7.23. The van der Waals surface area contributed by atoms with E-state index in [2.05, 4.69) is 38.5 Å². The molecule has 2 aromatic carbocycles. The summed E-state index contributed by atoms with van der Waals surface area (Å²) in [4.78, 5) is 18.9. The molecule has 1 aliphatic carbocycles. The van der Waals surface area contributed by atoms with Crippen molar-refractivity contribution in [3.8, 4) is 16.9 Å². The number of benzene rings is 2. The van der Waals surface area contributed by atoms with E-state index in [4.69, 9.17) is 9.26 Å². The summed E-state index contributed by atoms with van der Waals surface area (Å²) in [5.41, 5.74) is 6.39. The van der Waals surface area contributed by atoms with Gasteiger partial charge in [-0.1, -0.05) is 30.5 Å². The average Bonchev–Trinajstić information content (AvgIpc) is 3.35. The Morgan fingerprint density at radius 1 is 1.05 bits per heavy atom. The number of halogens is 1. The van der Waals surface area contributed by atoms with Crippen LogP contribution in [0.5, 0.6) is 5.75 Å². The highest BCUT2D eigenvalue weighted by Gasteiger charge is 2.40. The maximum atomic E-state index is 14.2. The SMILES string of the molecule is COc1cc(F)ccc1N1CCN(C(C(=O)C2CCCCC2)C2CCc3cc(-c4c(C)noc4C)ccc3N2)CC1. The van der Waals surface area contributed by atoms with Crippen LogP contribution in [0, 0.1) is 25.6 Å². The summed E-state index contributed by atoms with van der Waals surface area (Å²) in [7, 11) is 1.58. The number of nitrogens with zero attached hydrogens (tertiary/aromatic N) is 3. The van der Waals surface area contributed by atoms with Crippen LogP contribution in [-0.4, -0.2) is 61.2 Å². The molecule has 0 spiro atoms. The molecule has 1 aromatic heterocycles. The molecule has 2 atom stereocenters. The number of rotatable bonds is 7. The molecule has 2 fully saturated rings. The van der Waals surface area contributed by atoms with Gasteiger partial charge in [-0.25, -0.2) is 4.39 Å². The second-order valence-electron chi connectivity index (χ2n) is 11.9. The lowest BCUT2D eigenvalue weighted by Gasteiger charge is -2.45. The van der Waals surface area contributed by atoms with E-state index < -0.39 is 0 Å². The second-order valence-corrected chi connectivity index (χ2v) is 11.9. The van der Waals surface area contributed by atoms with E-state index in [9.17, 15) is 9.18 Å². The number of carbonyl (C=O) groups excluding carboxylic acids is 1. The second kappa shape index (κ2) is 11.8. The molecule has 0 amide bonds. The largest absolute Gasteiger partial charge is 0.494 e. The Hall–Kier alpha value is -3.39. The molecule has 8 heteroatoms. The number of fused-ring (bicyclic) bond motifs is 1. The first-order valence-electron chi connectivity index (χ1n) is 15.1. The number of nitrogens with one attached hydrogen (secondary N) is 1. The first-order valence-corrected chi connectivity index (χ1v) is 15.1. The molecule has 3 heterocycles. The van der Waals surface area contributed by atoms with Crippen LogP contribution in [-0.2, 0) is 11.2 Å². The van der Waals surface area contributed by atoms with Crippen LogP contribution in [0.25, 0.3) is 11.1 Å². The lowest BCUT2D eigenvalue weighted by Crippen LogP contribution is -2.60. The molecular weight excluding hydrogens is 519 g/mol. The normalized spacial score (nSPS) is 20.8. The maximum Gasteiger partial charge on any atom is 0.155 e. The topological polar surface area (TPSA) is 70.8 Å². The number of aryl methyl sites for hydroxylation is 3. The Labute approximate surface area is 242 Å². The van der Waals surface area contributed by atoms with Crippen LogP contribution < -0.4 is 15.0 Å². The summed E-state index contributed by atoms with van der Waals surface area (Å²) in [6.07, 6.45) is 7.37. The highest BCUT2D eigenvalue weighted by molar-refractivity contribution is 5.88. The number of carbonyl (C=O) groups is 1. The average molecular weight is 561 g/mol. The van der Waals surface area contributed by atoms with Crippen molar-refractivity contribution in [1.29, 1.82) is 0 Å². The Morgan fingerprint density at radius 2 is 1.83 bits per heavy atom. The zero-order chi connectivity index (χ0) is 28.5. The Kier molecular flexibility index (Phi) is 8.02. The van der Waals surface area contributed by atoms with E-state index in [0.717, 1.165) is 98.7 Å². The molecule has 2 unspecified atom stereocenters. The van der Waals surface area contributed by atoms with Crippen molar-refractivity contribution in [1.82, 2.24) is 10.1 Å². The zero-order valence-electron chi connectivity index (χ0n) is 24.4. The van der Waals surface area contributed by atoms with Gasteiger partial charge in [0.2, 0.25) is 0 Å². The van der Waals surface area contributed by atoms with Crippen LogP contribution in [0.1, 0.15) is 55.5 Å². The molecule has 7 nitrogen and oxygen atoms in total. The predicted octanol–water partition coefficient (Wildman–Crippen LogP) is 6.17. The minimum Gasteiger partial charge on any atom is -0.494 e. The fraction of sp³-hybridized carbons (Fsp3) is 0.515. The molecule has 1 N–H and O–H groups in total. The standard InChI is InChI=1S/C33H41FN4O3/c1-21-31(22(2)41-36-21)25-10-12-27-24(19-25)9-13-28(35-27)32(33(39)23-7-5-4-6-8-23)38-17-15-37(16-18-38)29-14-11-26(34)20-30(29)40-3/h10-12,14,19-20,23,28,32,35H,4-9,13,15-18H2,1-3H3. The summed E-state index contributed by atoms with van der Waals surface area (Å²) >= 11 is 0. The molecule has 6 rings (SSSR count). The van der Waals surface area contributed by atoms with Gasteiger partial charge in [0.15, 0.2) is 5.78 Å². The molecule has 3 aromatic rings. The molecule has 218 valence electrons. The van der Waals surface area contributed by atoms with Crippen molar-refractivity contribution < 1.29 is 18.4 Å². The Morgan fingerprint density at radius 3 is 2.54 bits per heavy atom. The molecule has 41 heavy (non-hydrogen) atoms. The molecule has 1 saturated heterocycles. The fourth-order valence-corrected chi connectivity index (χ4v) is 7.23. The van der Waals surface area contributed by atoms with E-state index in [1.165, 1.54) is 24.1 Å². The van der Waals surface area contributed by atoms with Gasteiger partial charge in [0.25, 0.3) is 0 Å². The molecule has 0 radical (unpaired) electrons. The lowest BCUT2D eigenvalue weighted by molar-refractivity contribution is -0.130. The van der Waals surface area contributed by atoms with E-state index in [0.29, 0.717) is 11.5 Å². The summed E-state index contributed by atoms with van der Waals surface area (Å²) in [5, 5.41) is 7.94. The Balaban J connectivity index is 1.22. The highest BCUT2D eigenvalue weighted by atomic mass is 19.1. The molecule has 1 saturated carbocycles. The minimum atomic E-state index is -0.301. The maximum absolute atomic E-state index is 14.2. The quantitative estimate of drug-likeness (QED) is 0.370. The van der Waals surface area contributed by atoms with Gasteiger partial charge in [-0.05, 0) is 74.9 Å². The van der Waals surface area contributed by atoms with Crippen molar-refractivity contribution >= 4 is 17.2 Å². The molecule has 0 bridgehead atoms. The lowest BCUT2D eigenvalue weighted by atomic mass is 9.79. The van der Waals surface area contributed by atoms with Gasteiger partial charge in [0, 0.05) is 55.5 Å². The Bertz CT molecular complexity index is 1370. The predicted molar refractivity (Wildman–Crippen MR) is 159 cm³/mol. The monoisotopic (exact) mass is 560 g/mol. The third-order valence-corrected chi connectivity index (χ3v) is 9.36. The molecule has 3 aliphatic rings. The van der Waals surface area contributed by atoms with Crippen LogP contribution in [0.4, 0.5) is 15.8 Å². The van der Waals surface area contributed by atoms with E-state index >= 15 is 0 Å². The third kappa shape index (κ3) is 5.59. The highest BCUT2D eigenvalue weighted by Crippen LogP contribution is 2.36. The van der Waals surface area contributed by atoms with E-state index in [-0.39, 0.29) is 23.8 Å². The zero-order valence-corrected chi connectivity index (χ0v) is 24.4. The molecule has 2 aliphatic heterocycles. The molecular formula is C33H41FN4O3. The van der Waals surface area contributed by atoms with Gasteiger partial charge in [-0.15, -0.1) is 0 Å². The number of methoxy groups -OCH3 is 1. The van der Waals surface area contributed by atoms with Gasteiger partial charge in [0.05, 0.1) is 24.5 Å². The van der Waals surface area contributed by atoms with Crippen molar-refractivity contribution in [3.05, 3.63) is 59.2 Å². The van der Waals surface area contributed by atoms with Crippen molar-refractivity contribution in [2.45, 2.75) is 70.9 Å². The number of ether oxygens (including phenoxy) is 1. The van der Waals surface area contributed by atoms with E-state index in [1.807, 2.05) is 13.8 Å².